The van der Waals surface area contributed by atoms with E-state index in [1.165, 1.54) is 6.33 Å². The maximum Gasteiger partial charge on any atom is 0.274 e. The summed E-state index contributed by atoms with van der Waals surface area (Å²) in [6.07, 6.45) is 1.32. The normalized spacial score (nSPS) is 10.2. The van der Waals surface area contributed by atoms with Gasteiger partial charge < -0.3 is 24.8 Å². The molecule has 8 nitrogen and oxygen atoms in total. The first-order chi connectivity index (χ1) is 14.1. The first-order valence-corrected chi connectivity index (χ1v) is 8.99. The molecule has 0 aliphatic carbocycles. The van der Waals surface area contributed by atoms with Gasteiger partial charge in [0.2, 0.25) is 0 Å². The molecule has 0 radical (unpaired) electrons. The van der Waals surface area contributed by atoms with Gasteiger partial charge in [0.15, 0.2) is 0 Å². The number of benzene rings is 2. The summed E-state index contributed by atoms with van der Waals surface area (Å²) in [4.78, 5) is 20.9. The van der Waals surface area contributed by atoms with Crippen molar-refractivity contribution >= 4 is 23.1 Å². The fourth-order valence-electron chi connectivity index (χ4n) is 2.63. The summed E-state index contributed by atoms with van der Waals surface area (Å²) in [7, 11) is 3.15. The van der Waals surface area contributed by atoms with E-state index in [0.717, 1.165) is 0 Å². The van der Waals surface area contributed by atoms with Gasteiger partial charge in [-0.3, -0.25) is 4.79 Å². The van der Waals surface area contributed by atoms with Gasteiger partial charge in [-0.25, -0.2) is 9.97 Å². The second kappa shape index (κ2) is 9.41. The summed E-state index contributed by atoms with van der Waals surface area (Å²) >= 11 is 0. The van der Waals surface area contributed by atoms with Crippen molar-refractivity contribution in [3.05, 3.63) is 60.6 Å². The Morgan fingerprint density at radius 2 is 1.79 bits per heavy atom. The quantitative estimate of drug-likeness (QED) is 0.598. The monoisotopic (exact) mass is 394 g/mol. The van der Waals surface area contributed by atoms with E-state index in [-0.39, 0.29) is 11.6 Å². The highest BCUT2D eigenvalue weighted by Crippen LogP contribution is 2.31. The molecule has 1 amide bonds. The molecule has 0 aliphatic rings. The highest BCUT2D eigenvalue weighted by Gasteiger charge is 2.13. The van der Waals surface area contributed by atoms with Crippen molar-refractivity contribution in [1.29, 1.82) is 0 Å². The molecule has 2 aromatic carbocycles. The maximum atomic E-state index is 12.7. The molecule has 1 aromatic heterocycles. The molecule has 0 saturated heterocycles. The van der Waals surface area contributed by atoms with Gasteiger partial charge >= 0.3 is 0 Å². The second-order valence-electron chi connectivity index (χ2n) is 5.86. The number of hydrogen-bond acceptors (Lipinski definition) is 7. The molecule has 3 aromatic rings. The Balaban J connectivity index is 1.79. The zero-order valence-corrected chi connectivity index (χ0v) is 16.4. The number of carbonyl (C=O) groups is 1. The molecule has 2 N–H and O–H groups in total. The molecule has 0 aliphatic heterocycles. The van der Waals surface area contributed by atoms with Gasteiger partial charge in [-0.05, 0) is 31.2 Å². The molecule has 29 heavy (non-hydrogen) atoms. The summed E-state index contributed by atoms with van der Waals surface area (Å²) in [6, 6.07) is 14.1. The Hall–Kier alpha value is -3.81. The smallest absolute Gasteiger partial charge is 0.274 e. The van der Waals surface area contributed by atoms with E-state index >= 15 is 0 Å². The fourth-order valence-corrected chi connectivity index (χ4v) is 2.63. The number of amides is 1. The minimum atomic E-state index is -0.371. The highest BCUT2D eigenvalue weighted by atomic mass is 16.5. The van der Waals surface area contributed by atoms with Crippen molar-refractivity contribution in [1.82, 2.24) is 9.97 Å². The summed E-state index contributed by atoms with van der Waals surface area (Å²) in [5.74, 6) is 1.93. The van der Waals surface area contributed by atoms with Gasteiger partial charge in [0.1, 0.15) is 35.1 Å². The lowest BCUT2D eigenvalue weighted by atomic mass is 10.2. The molecule has 8 heteroatoms. The molecule has 0 fully saturated rings. The van der Waals surface area contributed by atoms with Crippen LogP contribution in [0.3, 0.4) is 0 Å². The van der Waals surface area contributed by atoms with Gasteiger partial charge in [-0.2, -0.15) is 0 Å². The second-order valence-corrected chi connectivity index (χ2v) is 5.86. The predicted octanol–water partition coefficient (Wildman–Crippen LogP) is 3.89. The Kier molecular flexibility index (Phi) is 6.47. The van der Waals surface area contributed by atoms with E-state index in [4.69, 9.17) is 14.2 Å². The first-order valence-electron chi connectivity index (χ1n) is 8.99. The van der Waals surface area contributed by atoms with E-state index in [2.05, 4.69) is 20.6 Å². The van der Waals surface area contributed by atoms with E-state index in [9.17, 15) is 4.79 Å². The van der Waals surface area contributed by atoms with Crippen molar-refractivity contribution in [3.8, 4) is 17.2 Å². The largest absolute Gasteiger partial charge is 0.497 e. The van der Waals surface area contributed by atoms with Crippen LogP contribution in [0.2, 0.25) is 0 Å². The van der Waals surface area contributed by atoms with E-state index < -0.39 is 0 Å². The van der Waals surface area contributed by atoms with Crippen LogP contribution in [0.4, 0.5) is 17.2 Å². The van der Waals surface area contributed by atoms with Crippen LogP contribution in [0.1, 0.15) is 17.4 Å². The van der Waals surface area contributed by atoms with Crippen LogP contribution in [0.5, 0.6) is 17.2 Å². The topological polar surface area (TPSA) is 94.6 Å². The predicted molar refractivity (Wildman–Crippen MR) is 110 cm³/mol. The molecule has 150 valence electrons. The third-order valence-corrected chi connectivity index (χ3v) is 4.01. The van der Waals surface area contributed by atoms with Crippen molar-refractivity contribution in [2.24, 2.45) is 0 Å². The van der Waals surface area contributed by atoms with Crippen LogP contribution in [-0.2, 0) is 0 Å². The van der Waals surface area contributed by atoms with Crippen molar-refractivity contribution in [3.63, 3.8) is 0 Å². The molecular weight excluding hydrogens is 372 g/mol. The highest BCUT2D eigenvalue weighted by molar-refractivity contribution is 6.04. The number of carbonyl (C=O) groups excluding carboxylic acids is 1. The van der Waals surface area contributed by atoms with Gasteiger partial charge in [-0.1, -0.05) is 12.1 Å². The Bertz CT molecular complexity index is 994. The van der Waals surface area contributed by atoms with Crippen molar-refractivity contribution in [2.75, 3.05) is 31.5 Å². The molecular formula is C21H22N4O4. The minimum absolute atomic E-state index is 0.210. The fraction of sp³-hybridized carbons (Fsp3) is 0.190. The van der Waals surface area contributed by atoms with Crippen LogP contribution in [0, 0.1) is 0 Å². The average molecular weight is 394 g/mol. The van der Waals surface area contributed by atoms with Crippen molar-refractivity contribution < 1.29 is 19.0 Å². The number of nitrogens with zero attached hydrogens (tertiary/aromatic N) is 2. The molecule has 0 saturated carbocycles. The molecule has 0 spiro atoms. The average Bonchev–Trinajstić information content (AvgIpc) is 2.75. The molecule has 0 unspecified atom stereocenters. The minimum Gasteiger partial charge on any atom is -0.497 e. The van der Waals surface area contributed by atoms with E-state index in [0.29, 0.717) is 41.0 Å². The van der Waals surface area contributed by atoms with Crippen LogP contribution < -0.4 is 24.8 Å². The number of nitrogens with one attached hydrogen (secondary N) is 2. The number of hydrogen-bond donors (Lipinski definition) is 2. The zero-order chi connectivity index (χ0) is 20.6. The van der Waals surface area contributed by atoms with Crippen LogP contribution in [-0.4, -0.2) is 36.7 Å². The van der Waals surface area contributed by atoms with Crippen molar-refractivity contribution in [2.45, 2.75) is 6.92 Å². The standard InChI is InChI=1S/C21H22N4O4/c1-4-29-18-8-6-5-7-15(18)25-21(26)17-12-20(23-13-22-17)24-16-10-9-14(27-2)11-19(16)28-3/h5-13H,4H2,1-3H3,(H,25,26)(H,22,23,24). The summed E-state index contributed by atoms with van der Waals surface area (Å²) in [5.41, 5.74) is 1.46. The summed E-state index contributed by atoms with van der Waals surface area (Å²) in [6.45, 7) is 2.38. The van der Waals surface area contributed by atoms with Gasteiger partial charge in [-0.15, -0.1) is 0 Å². The first kappa shape index (κ1) is 19.9. The van der Waals surface area contributed by atoms with E-state index in [1.54, 1.807) is 50.6 Å². The van der Waals surface area contributed by atoms with Gasteiger partial charge in [0.05, 0.1) is 32.2 Å². The Morgan fingerprint density at radius 3 is 2.55 bits per heavy atom. The molecule has 0 bridgehead atoms. The van der Waals surface area contributed by atoms with Gasteiger partial charge in [0, 0.05) is 12.1 Å². The number of anilines is 3. The zero-order valence-electron chi connectivity index (χ0n) is 16.4. The number of rotatable bonds is 8. The third-order valence-electron chi connectivity index (χ3n) is 4.01. The maximum absolute atomic E-state index is 12.7. The summed E-state index contributed by atoms with van der Waals surface area (Å²) < 4.78 is 16.1. The number of ether oxygens (including phenoxy) is 3. The molecule has 1 heterocycles. The molecule has 3 rings (SSSR count). The van der Waals surface area contributed by atoms with Crippen LogP contribution >= 0.6 is 0 Å². The SMILES string of the molecule is CCOc1ccccc1NC(=O)c1cc(Nc2ccc(OC)cc2OC)ncn1. The van der Waals surface area contributed by atoms with E-state index in [1.807, 2.05) is 19.1 Å². The molecule has 0 atom stereocenters. The number of para-hydroxylation sites is 2. The lowest BCUT2D eigenvalue weighted by Crippen LogP contribution is -2.15. The van der Waals surface area contributed by atoms with Gasteiger partial charge in [0.25, 0.3) is 5.91 Å². The Morgan fingerprint density at radius 1 is 0.966 bits per heavy atom. The number of methoxy groups -OCH3 is 2. The van der Waals surface area contributed by atoms with Crippen LogP contribution in [0.15, 0.2) is 54.9 Å². The Labute approximate surface area is 168 Å². The lowest BCUT2D eigenvalue weighted by Gasteiger charge is -2.13. The number of aromatic nitrogens is 2. The lowest BCUT2D eigenvalue weighted by molar-refractivity contribution is 0.102. The third kappa shape index (κ3) is 4.92. The summed E-state index contributed by atoms with van der Waals surface area (Å²) in [5, 5.41) is 5.95. The van der Waals surface area contributed by atoms with Crippen LogP contribution in [0.25, 0.3) is 0 Å².